The van der Waals surface area contributed by atoms with Crippen LogP contribution in [0.25, 0.3) is 11.1 Å². The second kappa shape index (κ2) is 8.23. The summed E-state index contributed by atoms with van der Waals surface area (Å²) in [6.45, 7) is 0. The Kier molecular flexibility index (Phi) is 6.02. The number of hydrogen-bond donors (Lipinski definition) is 0. The molecule has 2 aromatic carbocycles. The number of hydrogen-bond acceptors (Lipinski definition) is 2. The third kappa shape index (κ3) is 4.18. The van der Waals surface area contributed by atoms with Gasteiger partial charge in [0.05, 0.1) is 0 Å². The van der Waals surface area contributed by atoms with Gasteiger partial charge in [0.25, 0.3) is 0 Å². The number of anilines is 2. The minimum atomic E-state index is 0.879. The largest absolute Gasteiger partial charge is 0.377 e. The van der Waals surface area contributed by atoms with Crippen molar-refractivity contribution < 1.29 is 0 Å². The Bertz CT molecular complexity index is 677. The first-order valence-electron chi connectivity index (χ1n) is 9.41. The van der Waals surface area contributed by atoms with Crippen LogP contribution in [0.3, 0.4) is 0 Å². The molecule has 134 valence electrons. The predicted octanol–water partition coefficient (Wildman–Crippen LogP) is 5.12. The van der Waals surface area contributed by atoms with E-state index in [9.17, 15) is 0 Å². The smallest absolute Gasteiger partial charge is 0.0461 e. The molecule has 25 heavy (non-hydrogen) atoms. The van der Waals surface area contributed by atoms with Gasteiger partial charge in [0.15, 0.2) is 0 Å². The van der Waals surface area contributed by atoms with Crippen LogP contribution in [0, 0.1) is 0 Å². The monoisotopic (exact) mass is 354 g/mol. The molecule has 0 N–H and O–H groups in total. The van der Waals surface area contributed by atoms with Gasteiger partial charge < -0.3 is 9.80 Å². The van der Waals surface area contributed by atoms with E-state index in [1.807, 2.05) is 0 Å². The van der Waals surface area contributed by atoms with Crippen LogP contribution in [0.4, 0.5) is 11.4 Å². The average Bonchev–Trinajstić information content (AvgIpc) is 2.62. The van der Waals surface area contributed by atoms with Gasteiger partial charge in [-0.25, -0.2) is 0 Å². The van der Waals surface area contributed by atoms with E-state index < -0.39 is 0 Å². The molecular weight excluding hydrogens is 323 g/mol. The lowest BCUT2D eigenvalue weighted by atomic mass is 10.00. The van der Waals surface area contributed by atoms with Crippen molar-refractivity contribution >= 4 is 25.3 Å². The minimum absolute atomic E-state index is 0.879. The zero-order valence-electron chi connectivity index (χ0n) is 16.0. The first-order chi connectivity index (χ1) is 12.1. The molecule has 1 aliphatic carbocycles. The molecule has 1 saturated carbocycles. The quantitative estimate of drug-likeness (QED) is 0.688. The van der Waals surface area contributed by atoms with Crippen molar-refractivity contribution in [2.24, 2.45) is 0 Å². The van der Waals surface area contributed by atoms with Gasteiger partial charge in [-0.15, -0.1) is 0 Å². The van der Waals surface area contributed by atoms with Crippen LogP contribution in [0.2, 0.25) is 0 Å². The molecule has 2 aromatic rings. The Balaban J connectivity index is 2.07. The Morgan fingerprint density at radius 3 is 1.96 bits per heavy atom. The predicted molar refractivity (Wildman–Crippen MR) is 115 cm³/mol. The molecule has 0 saturated heterocycles. The fraction of sp³-hybridized carbons (Fsp3) is 0.455. The molecule has 2 nitrogen and oxygen atoms in total. The molecule has 1 unspecified atom stereocenters. The zero-order valence-corrected chi connectivity index (χ0v) is 17.0. The van der Waals surface area contributed by atoms with Gasteiger partial charge in [0.1, 0.15) is 0 Å². The summed E-state index contributed by atoms with van der Waals surface area (Å²) in [5, 5.41) is 1.53. The number of nitrogens with zero attached hydrogens (tertiary/aromatic N) is 2. The lowest BCUT2D eigenvalue weighted by Gasteiger charge is -2.27. The first-order valence-corrected chi connectivity index (χ1v) is 10.5. The molecule has 3 rings (SSSR count). The molecule has 1 aliphatic rings. The van der Waals surface area contributed by atoms with Gasteiger partial charge in [-0.2, -0.15) is 0 Å². The maximum atomic E-state index is 2.36. The van der Waals surface area contributed by atoms with Gasteiger partial charge in [-0.1, -0.05) is 58.2 Å². The topological polar surface area (TPSA) is 6.48 Å². The number of benzene rings is 2. The van der Waals surface area contributed by atoms with Gasteiger partial charge in [-0.05, 0) is 41.5 Å². The molecule has 3 heteroatoms. The van der Waals surface area contributed by atoms with Gasteiger partial charge in [0, 0.05) is 45.1 Å². The van der Waals surface area contributed by atoms with Crippen molar-refractivity contribution in [1.29, 1.82) is 0 Å². The molecule has 0 aliphatic heterocycles. The van der Waals surface area contributed by atoms with E-state index in [0.29, 0.717) is 0 Å². The summed E-state index contributed by atoms with van der Waals surface area (Å²) < 4.78 is 0. The Hall–Kier alpha value is -1.53. The molecule has 0 amide bonds. The second-order valence-corrected chi connectivity index (χ2v) is 9.13. The Morgan fingerprint density at radius 1 is 0.760 bits per heavy atom. The third-order valence-electron chi connectivity index (χ3n) is 5.15. The summed E-state index contributed by atoms with van der Waals surface area (Å²) in [5.41, 5.74) is 6.26. The molecule has 0 aromatic heterocycles. The fourth-order valence-corrected chi connectivity index (χ4v) is 5.54. The summed E-state index contributed by atoms with van der Waals surface area (Å²) >= 11 is 0. The van der Waals surface area contributed by atoms with Crippen molar-refractivity contribution in [3.8, 4) is 11.1 Å². The van der Waals surface area contributed by atoms with Gasteiger partial charge in [-0.3, -0.25) is 0 Å². The van der Waals surface area contributed by atoms with E-state index in [1.165, 1.54) is 59.9 Å². The van der Waals surface area contributed by atoms with Crippen molar-refractivity contribution in [1.82, 2.24) is 0 Å². The fourth-order valence-electron chi connectivity index (χ4n) is 3.84. The Morgan fingerprint density at radius 2 is 1.36 bits per heavy atom. The van der Waals surface area contributed by atoms with Crippen molar-refractivity contribution in [3.63, 3.8) is 0 Å². The first kappa shape index (κ1) is 18.3. The highest BCUT2D eigenvalue weighted by Gasteiger charge is 2.19. The normalized spacial score (nSPS) is 15.7. The highest BCUT2D eigenvalue weighted by molar-refractivity contribution is 7.48. The van der Waals surface area contributed by atoms with Crippen LogP contribution >= 0.6 is 8.58 Å². The highest BCUT2D eigenvalue weighted by atomic mass is 31.1. The van der Waals surface area contributed by atoms with E-state index in [0.717, 1.165) is 14.2 Å². The number of rotatable bonds is 5. The lowest BCUT2D eigenvalue weighted by molar-refractivity contribution is 0.514. The molecule has 1 atom stereocenters. The summed E-state index contributed by atoms with van der Waals surface area (Å²) in [4.78, 5) is 4.48. The minimum Gasteiger partial charge on any atom is -0.377 e. The Labute approximate surface area is 155 Å². The molecule has 1 fully saturated rings. The van der Waals surface area contributed by atoms with E-state index in [4.69, 9.17) is 0 Å². The van der Waals surface area contributed by atoms with Crippen LogP contribution in [0.15, 0.2) is 42.5 Å². The van der Waals surface area contributed by atoms with Crippen LogP contribution in [0.1, 0.15) is 32.1 Å². The standard InChI is InChI=1S/C22H31N2P/c1-23(2)19-14-10-15-20(24(3)4)22(19)18-13-8-9-16-21(18)25-17-11-6-5-7-12-17/h8-10,13-17,25H,5-7,11-12H2,1-4H3. The van der Waals surface area contributed by atoms with E-state index in [2.05, 4.69) is 80.5 Å². The zero-order chi connectivity index (χ0) is 17.8. The highest BCUT2D eigenvalue weighted by Crippen LogP contribution is 2.41. The third-order valence-corrected chi connectivity index (χ3v) is 6.88. The maximum Gasteiger partial charge on any atom is 0.0461 e. The average molecular weight is 354 g/mol. The second-order valence-electron chi connectivity index (χ2n) is 7.48. The maximum absolute atomic E-state index is 2.36. The SMILES string of the molecule is CN(C)c1cccc(N(C)C)c1-c1ccccc1PC1CCCCC1. The molecule has 0 heterocycles. The van der Waals surface area contributed by atoms with Crippen LogP contribution in [-0.4, -0.2) is 33.8 Å². The van der Waals surface area contributed by atoms with Crippen molar-refractivity contribution in [2.45, 2.75) is 37.8 Å². The summed E-state index contributed by atoms with van der Waals surface area (Å²) in [7, 11) is 9.49. The van der Waals surface area contributed by atoms with Crippen LogP contribution < -0.4 is 15.1 Å². The molecule has 0 radical (unpaired) electrons. The molecule has 0 spiro atoms. The van der Waals surface area contributed by atoms with E-state index >= 15 is 0 Å². The molecular formula is C22H31N2P. The van der Waals surface area contributed by atoms with Crippen molar-refractivity contribution in [3.05, 3.63) is 42.5 Å². The summed E-state index contributed by atoms with van der Waals surface area (Å²) in [6.07, 6.45) is 7.07. The van der Waals surface area contributed by atoms with Gasteiger partial charge in [0.2, 0.25) is 0 Å². The van der Waals surface area contributed by atoms with Crippen LogP contribution in [0.5, 0.6) is 0 Å². The summed E-state index contributed by atoms with van der Waals surface area (Å²) in [6, 6.07) is 15.7. The summed E-state index contributed by atoms with van der Waals surface area (Å²) in [5.74, 6) is 0. The van der Waals surface area contributed by atoms with E-state index in [1.54, 1.807) is 0 Å². The lowest BCUT2D eigenvalue weighted by Crippen LogP contribution is -2.17. The van der Waals surface area contributed by atoms with E-state index in [-0.39, 0.29) is 0 Å². The molecule has 0 bridgehead atoms. The van der Waals surface area contributed by atoms with Crippen molar-refractivity contribution in [2.75, 3.05) is 38.0 Å². The van der Waals surface area contributed by atoms with Gasteiger partial charge >= 0.3 is 0 Å². The van der Waals surface area contributed by atoms with Crippen LogP contribution in [-0.2, 0) is 0 Å².